The molecule has 1 saturated carbocycles. The van der Waals surface area contributed by atoms with Gasteiger partial charge in [0.15, 0.2) is 5.25 Å². The van der Waals surface area contributed by atoms with Crippen LogP contribution in [0.15, 0.2) is 24.3 Å². The predicted octanol–water partition coefficient (Wildman–Crippen LogP) is 1.59. The Kier molecular flexibility index (Phi) is 4.10. The molecule has 5 nitrogen and oxygen atoms in total. The van der Waals surface area contributed by atoms with Gasteiger partial charge in [0.05, 0.1) is 0 Å². The van der Waals surface area contributed by atoms with Crippen LogP contribution >= 0.6 is 0 Å². The van der Waals surface area contributed by atoms with Crippen molar-refractivity contribution in [2.45, 2.75) is 37.6 Å². The molecule has 110 valence electrons. The number of carbonyl (C=O) groups is 1. The summed E-state index contributed by atoms with van der Waals surface area (Å²) in [7, 11) is -3.94. The van der Waals surface area contributed by atoms with Gasteiger partial charge in [-0.15, -0.1) is 0 Å². The van der Waals surface area contributed by atoms with E-state index in [1.165, 1.54) is 22.5 Å². The van der Waals surface area contributed by atoms with Crippen LogP contribution in [0.2, 0.25) is 0 Å². The van der Waals surface area contributed by atoms with Crippen LogP contribution in [0.25, 0.3) is 0 Å². The van der Waals surface area contributed by atoms with Crippen LogP contribution < -0.4 is 0 Å². The number of nitrogens with zero attached hydrogens (tertiary/aromatic N) is 1. The topological polar surface area (TPSA) is 74.7 Å². The normalized spacial score (nSPS) is 17.1. The third-order valence-corrected chi connectivity index (χ3v) is 5.48. The van der Waals surface area contributed by atoms with Gasteiger partial charge in [0.2, 0.25) is 10.0 Å². The summed E-state index contributed by atoms with van der Waals surface area (Å²) in [6.07, 6.45) is 1.42. The van der Waals surface area contributed by atoms with Gasteiger partial charge in [-0.05, 0) is 37.5 Å². The minimum atomic E-state index is -3.94. The fourth-order valence-electron chi connectivity index (χ4n) is 1.94. The Balaban J connectivity index is 2.26. The van der Waals surface area contributed by atoms with E-state index in [-0.39, 0.29) is 12.6 Å². The number of aliphatic carboxylic acids is 1. The van der Waals surface area contributed by atoms with E-state index >= 15 is 0 Å². The molecule has 0 heterocycles. The van der Waals surface area contributed by atoms with Crippen molar-refractivity contribution in [3.05, 3.63) is 35.6 Å². The van der Waals surface area contributed by atoms with Gasteiger partial charge in [-0.2, -0.15) is 4.31 Å². The first-order chi connectivity index (χ1) is 9.32. The molecule has 1 fully saturated rings. The number of hydrogen-bond acceptors (Lipinski definition) is 3. The summed E-state index contributed by atoms with van der Waals surface area (Å²) in [5.41, 5.74) is 0.512. The van der Waals surface area contributed by atoms with E-state index < -0.39 is 27.1 Å². The number of rotatable bonds is 6. The first-order valence-electron chi connectivity index (χ1n) is 6.30. The zero-order valence-corrected chi connectivity index (χ0v) is 11.8. The molecular weight excluding hydrogens is 285 g/mol. The summed E-state index contributed by atoms with van der Waals surface area (Å²) in [4.78, 5) is 10.9. The van der Waals surface area contributed by atoms with Gasteiger partial charge < -0.3 is 5.11 Å². The fraction of sp³-hybridized carbons (Fsp3) is 0.462. The highest BCUT2D eigenvalue weighted by atomic mass is 32.2. The lowest BCUT2D eigenvalue weighted by Gasteiger charge is -2.24. The highest BCUT2D eigenvalue weighted by molar-refractivity contribution is 7.90. The van der Waals surface area contributed by atoms with Gasteiger partial charge in [-0.1, -0.05) is 12.1 Å². The highest BCUT2D eigenvalue weighted by Gasteiger charge is 2.42. The van der Waals surface area contributed by atoms with Crippen LogP contribution in [0.3, 0.4) is 0 Å². The summed E-state index contributed by atoms with van der Waals surface area (Å²) in [5.74, 6) is -1.82. The molecule has 1 aromatic rings. The molecule has 1 unspecified atom stereocenters. The van der Waals surface area contributed by atoms with E-state index in [1.54, 1.807) is 6.07 Å². The van der Waals surface area contributed by atoms with Gasteiger partial charge in [0.25, 0.3) is 0 Å². The van der Waals surface area contributed by atoms with Crippen molar-refractivity contribution in [1.29, 1.82) is 0 Å². The molecule has 0 radical (unpaired) electrons. The average molecular weight is 301 g/mol. The largest absolute Gasteiger partial charge is 0.480 e. The molecule has 0 bridgehead atoms. The van der Waals surface area contributed by atoms with Crippen LogP contribution in [0.5, 0.6) is 0 Å². The molecule has 1 aliphatic carbocycles. The Bertz CT molecular complexity index is 613. The molecule has 0 amide bonds. The van der Waals surface area contributed by atoms with Gasteiger partial charge in [0, 0.05) is 12.6 Å². The molecular formula is C13H16FNO4S. The zero-order chi connectivity index (χ0) is 14.9. The van der Waals surface area contributed by atoms with Crippen molar-refractivity contribution in [1.82, 2.24) is 4.31 Å². The Morgan fingerprint density at radius 2 is 2.15 bits per heavy atom. The fourth-order valence-corrected chi connectivity index (χ4v) is 3.55. The maximum absolute atomic E-state index is 13.2. The second-order valence-corrected chi connectivity index (χ2v) is 7.14. The average Bonchev–Trinajstić information content (AvgIpc) is 3.19. The van der Waals surface area contributed by atoms with Crippen LogP contribution in [0, 0.1) is 5.82 Å². The zero-order valence-electron chi connectivity index (χ0n) is 11.0. The van der Waals surface area contributed by atoms with Crippen molar-refractivity contribution in [2.75, 3.05) is 0 Å². The van der Waals surface area contributed by atoms with Crippen LogP contribution in [0.1, 0.15) is 25.3 Å². The number of sulfonamides is 1. The van der Waals surface area contributed by atoms with E-state index in [0.717, 1.165) is 6.92 Å². The standard InChI is InChI=1S/C13H16FNO4S/c1-9(13(16)17)20(18,19)15(12-5-6-12)8-10-3-2-4-11(14)7-10/h2-4,7,9,12H,5-6,8H2,1H3,(H,16,17). The first kappa shape index (κ1) is 14.9. The maximum atomic E-state index is 13.2. The summed E-state index contributed by atoms with van der Waals surface area (Å²) < 4.78 is 38.9. The van der Waals surface area contributed by atoms with Crippen molar-refractivity contribution < 1.29 is 22.7 Å². The molecule has 0 aliphatic heterocycles. The second kappa shape index (κ2) is 5.49. The summed E-state index contributed by atoms with van der Waals surface area (Å²) >= 11 is 0. The lowest BCUT2D eigenvalue weighted by molar-refractivity contribution is -0.136. The summed E-state index contributed by atoms with van der Waals surface area (Å²) in [5, 5.41) is 7.41. The number of halogens is 1. The second-order valence-electron chi connectivity index (χ2n) is 4.93. The predicted molar refractivity (Wildman–Crippen MR) is 71.0 cm³/mol. The smallest absolute Gasteiger partial charge is 0.323 e. The van der Waals surface area contributed by atoms with Crippen molar-refractivity contribution in [2.24, 2.45) is 0 Å². The molecule has 1 aliphatic rings. The third kappa shape index (κ3) is 3.16. The monoisotopic (exact) mass is 301 g/mol. The van der Waals surface area contributed by atoms with E-state index in [2.05, 4.69) is 0 Å². The molecule has 0 saturated heterocycles. The van der Waals surface area contributed by atoms with Gasteiger partial charge in [-0.25, -0.2) is 12.8 Å². The minimum Gasteiger partial charge on any atom is -0.480 e. The van der Waals surface area contributed by atoms with Crippen LogP contribution in [-0.2, 0) is 21.4 Å². The number of benzene rings is 1. The van der Waals surface area contributed by atoms with Crippen molar-refractivity contribution in [3.63, 3.8) is 0 Å². The Morgan fingerprint density at radius 1 is 1.50 bits per heavy atom. The molecule has 1 aromatic carbocycles. The summed E-state index contributed by atoms with van der Waals surface area (Å²) in [6, 6.07) is 5.49. The first-order valence-corrected chi connectivity index (χ1v) is 7.80. The van der Waals surface area contributed by atoms with Crippen molar-refractivity contribution in [3.8, 4) is 0 Å². The van der Waals surface area contributed by atoms with Crippen LogP contribution in [-0.4, -0.2) is 35.1 Å². The summed E-state index contributed by atoms with van der Waals surface area (Å²) in [6.45, 7) is 1.15. The lowest BCUT2D eigenvalue weighted by atomic mass is 10.2. The molecule has 2 rings (SSSR count). The molecule has 1 N–H and O–H groups in total. The molecule has 1 atom stereocenters. The quantitative estimate of drug-likeness (QED) is 0.866. The van der Waals surface area contributed by atoms with Crippen LogP contribution in [0.4, 0.5) is 4.39 Å². The number of carboxylic acids is 1. The highest BCUT2D eigenvalue weighted by Crippen LogP contribution is 2.32. The Hall–Kier alpha value is -1.47. The van der Waals surface area contributed by atoms with Gasteiger partial charge in [-0.3, -0.25) is 4.79 Å². The van der Waals surface area contributed by atoms with E-state index in [1.807, 2.05) is 0 Å². The SMILES string of the molecule is CC(C(=O)O)S(=O)(=O)N(Cc1cccc(F)c1)C1CC1. The third-order valence-electron chi connectivity index (χ3n) is 3.30. The van der Waals surface area contributed by atoms with E-state index in [4.69, 9.17) is 5.11 Å². The van der Waals surface area contributed by atoms with E-state index in [0.29, 0.717) is 18.4 Å². The number of carboxylic acid groups (broad SMARTS) is 1. The number of hydrogen-bond donors (Lipinski definition) is 1. The molecule has 0 aromatic heterocycles. The molecule has 7 heteroatoms. The molecule has 0 spiro atoms. The Labute approximate surface area is 117 Å². The van der Waals surface area contributed by atoms with Gasteiger partial charge >= 0.3 is 5.97 Å². The van der Waals surface area contributed by atoms with E-state index in [9.17, 15) is 17.6 Å². The Morgan fingerprint density at radius 3 is 2.65 bits per heavy atom. The molecule has 20 heavy (non-hydrogen) atoms. The van der Waals surface area contributed by atoms with Gasteiger partial charge in [0.1, 0.15) is 5.82 Å². The van der Waals surface area contributed by atoms with Crippen molar-refractivity contribution >= 4 is 16.0 Å². The maximum Gasteiger partial charge on any atom is 0.323 e. The lowest BCUT2D eigenvalue weighted by Crippen LogP contribution is -2.42. The minimum absolute atomic E-state index is 0.00236.